The van der Waals surface area contributed by atoms with Crippen LogP contribution in [0.15, 0.2) is 4.52 Å². The number of aromatic nitrogens is 3. The third kappa shape index (κ3) is 2.75. The molecule has 1 saturated carbocycles. The fraction of sp³-hybridized carbons (Fsp3) is 0.647. The summed E-state index contributed by atoms with van der Waals surface area (Å²) in [6.07, 6.45) is 4.13. The van der Waals surface area contributed by atoms with E-state index < -0.39 is 0 Å². The van der Waals surface area contributed by atoms with Crippen LogP contribution >= 0.6 is 11.3 Å². The number of hydrogen-bond donors (Lipinski definition) is 0. The number of hydrogen-bond acceptors (Lipinski definition) is 6. The van der Waals surface area contributed by atoms with Crippen molar-refractivity contribution in [1.29, 1.82) is 0 Å². The average molecular weight is 346 g/mol. The van der Waals surface area contributed by atoms with E-state index in [0.29, 0.717) is 17.7 Å². The molecule has 1 aliphatic carbocycles. The molecule has 0 N–H and O–H groups in total. The second-order valence-corrected chi connectivity index (χ2v) is 8.07. The molecule has 1 amide bonds. The Morgan fingerprint density at radius 1 is 1.29 bits per heavy atom. The van der Waals surface area contributed by atoms with E-state index in [4.69, 9.17) is 4.52 Å². The van der Waals surface area contributed by atoms with Gasteiger partial charge in [-0.1, -0.05) is 19.0 Å². The zero-order valence-electron chi connectivity index (χ0n) is 14.3. The minimum absolute atomic E-state index is 0.0529. The summed E-state index contributed by atoms with van der Waals surface area (Å²) in [6.45, 7) is 6.86. The molecule has 4 rings (SSSR count). The van der Waals surface area contributed by atoms with Gasteiger partial charge >= 0.3 is 0 Å². The van der Waals surface area contributed by atoms with Crippen molar-refractivity contribution < 1.29 is 9.32 Å². The lowest BCUT2D eigenvalue weighted by Crippen LogP contribution is -2.31. The predicted octanol–water partition coefficient (Wildman–Crippen LogP) is 3.81. The first kappa shape index (κ1) is 15.7. The maximum absolute atomic E-state index is 13.1. The minimum atomic E-state index is -0.0715. The van der Waals surface area contributed by atoms with Crippen molar-refractivity contribution in [3.05, 3.63) is 27.3 Å². The van der Waals surface area contributed by atoms with Gasteiger partial charge in [0.15, 0.2) is 5.82 Å². The molecule has 3 heterocycles. The van der Waals surface area contributed by atoms with Crippen LogP contribution in [-0.4, -0.2) is 32.5 Å². The molecule has 0 unspecified atom stereocenters. The standard InChI is InChI=1S/C17H22N4O2S/c1-9(2)16-18-10(3)13(24-16)17(22)21-8-4-5-12(21)14-19-15(23-20-14)11-6-7-11/h9,11-12H,4-8H2,1-3H3/t12-/m0/s1. The fourth-order valence-electron chi connectivity index (χ4n) is 3.15. The van der Waals surface area contributed by atoms with E-state index in [1.54, 1.807) is 0 Å². The highest BCUT2D eigenvalue weighted by atomic mass is 32.1. The number of thiazole rings is 1. The smallest absolute Gasteiger partial charge is 0.266 e. The molecule has 128 valence electrons. The van der Waals surface area contributed by atoms with Crippen LogP contribution < -0.4 is 0 Å². The number of likely N-dealkylation sites (tertiary alicyclic amines) is 1. The quantitative estimate of drug-likeness (QED) is 0.841. The van der Waals surface area contributed by atoms with Gasteiger partial charge in [-0.15, -0.1) is 11.3 Å². The van der Waals surface area contributed by atoms with Gasteiger partial charge in [-0.05, 0) is 32.6 Å². The summed E-state index contributed by atoms with van der Waals surface area (Å²) in [5, 5.41) is 5.17. The molecule has 1 atom stereocenters. The van der Waals surface area contributed by atoms with E-state index in [-0.39, 0.29) is 11.9 Å². The molecule has 0 spiro atoms. The van der Waals surface area contributed by atoms with Gasteiger partial charge in [-0.3, -0.25) is 4.79 Å². The molecule has 1 aliphatic heterocycles. The van der Waals surface area contributed by atoms with Crippen LogP contribution in [-0.2, 0) is 0 Å². The molecular weight excluding hydrogens is 324 g/mol. The van der Waals surface area contributed by atoms with Gasteiger partial charge in [0, 0.05) is 18.4 Å². The average Bonchev–Trinajstić information content (AvgIpc) is 3.00. The van der Waals surface area contributed by atoms with Crippen LogP contribution in [0.1, 0.15) is 89.5 Å². The Balaban J connectivity index is 1.58. The zero-order valence-corrected chi connectivity index (χ0v) is 15.1. The monoisotopic (exact) mass is 346 g/mol. The number of nitrogens with zero attached hydrogens (tertiary/aromatic N) is 4. The molecule has 0 bridgehead atoms. The Morgan fingerprint density at radius 2 is 2.08 bits per heavy atom. The summed E-state index contributed by atoms with van der Waals surface area (Å²) in [5.41, 5.74) is 0.825. The molecule has 2 aromatic rings. The summed E-state index contributed by atoms with van der Waals surface area (Å²) in [7, 11) is 0. The Kier molecular flexibility index (Phi) is 3.90. The van der Waals surface area contributed by atoms with Crippen LogP contribution in [0.25, 0.3) is 0 Å². The fourth-order valence-corrected chi connectivity index (χ4v) is 4.18. The molecule has 0 radical (unpaired) electrons. The zero-order chi connectivity index (χ0) is 16.8. The lowest BCUT2D eigenvalue weighted by Gasteiger charge is -2.21. The highest BCUT2D eigenvalue weighted by Crippen LogP contribution is 2.40. The van der Waals surface area contributed by atoms with E-state index in [1.165, 1.54) is 11.3 Å². The molecule has 6 nitrogen and oxygen atoms in total. The largest absolute Gasteiger partial charge is 0.339 e. The van der Waals surface area contributed by atoms with Crippen molar-refractivity contribution in [3.8, 4) is 0 Å². The third-order valence-corrected chi connectivity index (χ3v) is 6.14. The van der Waals surface area contributed by atoms with E-state index in [9.17, 15) is 4.79 Å². The summed E-state index contributed by atoms with van der Waals surface area (Å²) in [5.74, 6) is 2.23. The van der Waals surface area contributed by atoms with Crippen molar-refractivity contribution in [3.63, 3.8) is 0 Å². The number of rotatable bonds is 4. The third-order valence-electron chi connectivity index (χ3n) is 4.70. The van der Waals surface area contributed by atoms with Gasteiger partial charge in [-0.25, -0.2) is 4.98 Å². The molecular formula is C17H22N4O2S. The van der Waals surface area contributed by atoms with Crippen LogP contribution in [0.2, 0.25) is 0 Å². The highest BCUT2D eigenvalue weighted by molar-refractivity contribution is 7.13. The number of amides is 1. The molecule has 2 aromatic heterocycles. The predicted molar refractivity (Wildman–Crippen MR) is 90.2 cm³/mol. The van der Waals surface area contributed by atoms with E-state index >= 15 is 0 Å². The van der Waals surface area contributed by atoms with Crippen LogP contribution in [0.5, 0.6) is 0 Å². The van der Waals surface area contributed by atoms with Gasteiger partial charge in [0.25, 0.3) is 5.91 Å². The van der Waals surface area contributed by atoms with E-state index in [2.05, 4.69) is 29.0 Å². The number of aryl methyl sites for hydroxylation is 1. The van der Waals surface area contributed by atoms with Crippen molar-refractivity contribution in [2.75, 3.05) is 6.54 Å². The van der Waals surface area contributed by atoms with Gasteiger partial charge < -0.3 is 9.42 Å². The van der Waals surface area contributed by atoms with Crippen LogP contribution in [0.3, 0.4) is 0 Å². The maximum atomic E-state index is 13.1. The normalized spacial score (nSPS) is 21.0. The lowest BCUT2D eigenvalue weighted by molar-refractivity contribution is 0.0732. The van der Waals surface area contributed by atoms with E-state index in [0.717, 1.165) is 53.7 Å². The molecule has 7 heteroatoms. The van der Waals surface area contributed by atoms with Gasteiger partial charge in [-0.2, -0.15) is 4.98 Å². The summed E-state index contributed by atoms with van der Waals surface area (Å²) >= 11 is 1.51. The first-order valence-electron chi connectivity index (χ1n) is 8.66. The lowest BCUT2D eigenvalue weighted by atomic mass is 10.2. The number of carbonyl (C=O) groups excluding carboxylic acids is 1. The Hall–Kier alpha value is -1.76. The van der Waals surface area contributed by atoms with Crippen molar-refractivity contribution in [1.82, 2.24) is 20.0 Å². The van der Waals surface area contributed by atoms with Gasteiger partial charge in [0.05, 0.1) is 16.7 Å². The Labute approximate surface area is 145 Å². The van der Waals surface area contributed by atoms with Crippen LogP contribution in [0, 0.1) is 6.92 Å². The maximum Gasteiger partial charge on any atom is 0.266 e. The number of carbonyl (C=O) groups is 1. The molecule has 2 fully saturated rings. The molecule has 2 aliphatic rings. The van der Waals surface area contributed by atoms with Gasteiger partial charge in [0.1, 0.15) is 4.88 Å². The highest BCUT2D eigenvalue weighted by Gasteiger charge is 2.37. The second-order valence-electron chi connectivity index (χ2n) is 7.04. The topological polar surface area (TPSA) is 72.1 Å². The first-order valence-corrected chi connectivity index (χ1v) is 9.48. The molecule has 1 saturated heterocycles. The van der Waals surface area contributed by atoms with Crippen LogP contribution in [0.4, 0.5) is 0 Å². The summed E-state index contributed by atoms with van der Waals surface area (Å²) in [6, 6.07) is -0.0715. The Morgan fingerprint density at radius 3 is 2.75 bits per heavy atom. The van der Waals surface area contributed by atoms with Crippen molar-refractivity contribution >= 4 is 17.2 Å². The SMILES string of the molecule is Cc1nc(C(C)C)sc1C(=O)N1CCC[C@H]1c1noc(C2CC2)n1. The molecule has 24 heavy (non-hydrogen) atoms. The minimum Gasteiger partial charge on any atom is -0.339 e. The van der Waals surface area contributed by atoms with Crippen molar-refractivity contribution in [2.45, 2.75) is 64.3 Å². The summed E-state index contributed by atoms with van der Waals surface area (Å²) < 4.78 is 5.39. The summed E-state index contributed by atoms with van der Waals surface area (Å²) in [4.78, 5) is 24.8. The second kappa shape index (κ2) is 5.95. The van der Waals surface area contributed by atoms with E-state index in [1.807, 2.05) is 11.8 Å². The van der Waals surface area contributed by atoms with Gasteiger partial charge in [0.2, 0.25) is 5.89 Å². The first-order chi connectivity index (χ1) is 11.5. The Bertz CT molecular complexity index is 762. The molecule has 0 aromatic carbocycles. The van der Waals surface area contributed by atoms with Crippen molar-refractivity contribution in [2.24, 2.45) is 0 Å².